The molecule has 1 aromatic carbocycles. The van der Waals surface area contributed by atoms with Gasteiger partial charge in [0.25, 0.3) is 0 Å². The van der Waals surface area contributed by atoms with Crippen LogP contribution in [-0.2, 0) is 20.8 Å². The van der Waals surface area contributed by atoms with E-state index in [0.717, 1.165) is 49.7 Å². The van der Waals surface area contributed by atoms with Gasteiger partial charge in [0.15, 0.2) is 5.96 Å². The maximum atomic E-state index is 5.94. The third kappa shape index (κ3) is 11.1. The monoisotopic (exact) mass is 395 g/mol. The number of hydrogen-bond donors (Lipinski definition) is 2. The minimum Gasteiger partial charge on any atom is -0.493 e. The van der Waals surface area contributed by atoms with Crippen LogP contribution < -0.4 is 15.4 Å². The van der Waals surface area contributed by atoms with E-state index >= 15 is 0 Å². The summed E-state index contributed by atoms with van der Waals surface area (Å²) in [5.74, 6) is 1.69. The summed E-state index contributed by atoms with van der Waals surface area (Å²) in [5, 5.41) is 6.69. The van der Waals surface area contributed by atoms with Crippen molar-refractivity contribution in [3.8, 4) is 5.75 Å². The topological polar surface area (TPSA) is 73.3 Å². The smallest absolute Gasteiger partial charge is 0.191 e. The van der Waals surface area contributed by atoms with Crippen LogP contribution in [0.5, 0.6) is 5.75 Å². The van der Waals surface area contributed by atoms with Gasteiger partial charge in [-0.25, -0.2) is 0 Å². The molecule has 2 N–H and O–H groups in total. The molecule has 28 heavy (non-hydrogen) atoms. The predicted molar refractivity (Wildman–Crippen MR) is 113 cm³/mol. The molecule has 0 aliphatic rings. The predicted octanol–water partition coefficient (Wildman–Crippen LogP) is 2.52. The highest BCUT2D eigenvalue weighted by Crippen LogP contribution is 2.20. The van der Waals surface area contributed by atoms with Crippen LogP contribution in [0.25, 0.3) is 0 Å². The van der Waals surface area contributed by atoms with E-state index in [1.165, 1.54) is 5.56 Å². The van der Waals surface area contributed by atoms with Crippen LogP contribution in [0, 0.1) is 6.92 Å². The van der Waals surface area contributed by atoms with E-state index in [2.05, 4.69) is 40.7 Å². The zero-order chi connectivity index (χ0) is 20.5. The summed E-state index contributed by atoms with van der Waals surface area (Å²) < 4.78 is 21.4. The molecule has 7 nitrogen and oxygen atoms in total. The number of guanidine groups is 1. The Morgan fingerprint density at radius 1 is 0.929 bits per heavy atom. The van der Waals surface area contributed by atoms with E-state index in [1.807, 2.05) is 0 Å². The van der Waals surface area contributed by atoms with Crippen LogP contribution in [-0.4, -0.2) is 66.8 Å². The van der Waals surface area contributed by atoms with Crippen molar-refractivity contribution in [3.05, 3.63) is 29.3 Å². The van der Waals surface area contributed by atoms with Crippen LogP contribution in [0.2, 0.25) is 0 Å². The normalized spacial score (nSPS) is 11.5. The molecule has 0 heterocycles. The van der Waals surface area contributed by atoms with Gasteiger partial charge >= 0.3 is 0 Å². The van der Waals surface area contributed by atoms with Crippen LogP contribution in [0.3, 0.4) is 0 Å². The van der Waals surface area contributed by atoms with E-state index in [1.54, 1.807) is 21.3 Å². The third-order valence-electron chi connectivity index (χ3n) is 4.08. The Hall–Kier alpha value is -1.83. The van der Waals surface area contributed by atoms with Crippen molar-refractivity contribution in [2.24, 2.45) is 4.99 Å². The van der Waals surface area contributed by atoms with Crippen LogP contribution in [0.15, 0.2) is 23.2 Å². The number of rotatable bonds is 15. The average Bonchev–Trinajstić information content (AvgIpc) is 2.70. The molecule has 0 radical (unpaired) electrons. The van der Waals surface area contributed by atoms with Crippen molar-refractivity contribution < 1.29 is 18.9 Å². The zero-order valence-electron chi connectivity index (χ0n) is 17.9. The molecule has 1 aromatic rings. The number of hydrogen-bond acceptors (Lipinski definition) is 5. The zero-order valence-corrected chi connectivity index (χ0v) is 17.9. The quantitative estimate of drug-likeness (QED) is 0.270. The molecule has 0 atom stereocenters. The van der Waals surface area contributed by atoms with E-state index in [0.29, 0.717) is 33.0 Å². The van der Waals surface area contributed by atoms with Crippen LogP contribution in [0.4, 0.5) is 0 Å². The number of aliphatic imine (C=N–C) groups is 1. The molecule has 0 aliphatic heterocycles. The van der Waals surface area contributed by atoms with Gasteiger partial charge in [0.05, 0.1) is 19.8 Å². The van der Waals surface area contributed by atoms with Crippen molar-refractivity contribution in [1.82, 2.24) is 10.6 Å². The van der Waals surface area contributed by atoms with Gasteiger partial charge in [0.2, 0.25) is 0 Å². The molecule has 1 rings (SSSR count). The van der Waals surface area contributed by atoms with Crippen LogP contribution in [0.1, 0.15) is 30.4 Å². The molecule has 160 valence electrons. The second-order valence-electron chi connectivity index (χ2n) is 6.47. The van der Waals surface area contributed by atoms with E-state index in [4.69, 9.17) is 18.9 Å². The van der Waals surface area contributed by atoms with Gasteiger partial charge in [-0.3, -0.25) is 4.99 Å². The summed E-state index contributed by atoms with van der Waals surface area (Å²) in [4.78, 5) is 4.28. The molecule has 0 amide bonds. The minimum absolute atomic E-state index is 0.643. The average molecular weight is 396 g/mol. The Balaban J connectivity index is 2.34. The molecule has 0 aliphatic carbocycles. The summed E-state index contributed by atoms with van der Waals surface area (Å²) in [6.45, 7) is 6.97. The highest BCUT2D eigenvalue weighted by molar-refractivity contribution is 5.79. The summed E-state index contributed by atoms with van der Waals surface area (Å²) in [5.41, 5.74) is 2.29. The van der Waals surface area contributed by atoms with Crippen molar-refractivity contribution in [1.29, 1.82) is 0 Å². The lowest BCUT2D eigenvalue weighted by atomic mass is 10.1. The summed E-state index contributed by atoms with van der Waals surface area (Å²) in [6, 6.07) is 6.26. The number of ether oxygens (including phenoxy) is 4. The third-order valence-corrected chi connectivity index (χ3v) is 4.08. The van der Waals surface area contributed by atoms with Crippen LogP contribution >= 0.6 is 0 Å². The van der Waals surface area contributed by atoms with Crippen molar-refractivity contribution in [2.75, 3.05) is 60.8 Å². The molecule has 0 bridgehead atoms. The molecule has 0 unspecified atom stereocenters. The van der Waals surface area contributed by atoms with Gasteiger partial charge in [0, 0.05) is 59.6 Å². The van der Waals surface area contributed by atoms with Gasteiger partial charge in [-0.15, -0.1) is 0 Å². The van der Waals surface area contributed by atoms with E-state index in [-0.39, 0.29) is 0 Å². The Labute approximate surface area is 169 Å². The van der Waals surface area contributed by atoms with Gasteiger partial charge < -0.3 is 29.6 Å². The van der Waals surface area contributed by atoms with Crippen molar-refractivity contribution >= 4 is 5.96 Å². The fraction of sp³-hybridized carbons (Fsp3) is 0.667. The lowest BCUT2D eigenvalue weighted by Crippen LogP contribution is -2.37. The highest BCUT2D eigenvalue weighted by atomic mass is 16.5. The number of benzene rings is 1. The molecule has 0 aromatic heterocycles. The largest absolute Gasteiger partial charge is 0.493 e. The lowest BCUT2D eigenvalue weighted by Gasteiger charge is -2.15. The first kappa shape index (κ1) is 24.2. The number of aryl methyl sites for hydroxylation is 1. The Morgan fingerprint density at radius 2 is 1.75 bits per heavy atom. The summed E-state index contributed by atoms with van der Waals surface area (Å²) in [7, 11) is 5.16. The molecule has 7 heteroatoms. The SMILES string of the molecule is CN=C(NCCCCOCCOC)NCc1ccc(C)cc1OCCCOC. The Bertz CT molecular complexity index is 552. The minimum atomic E-state index is 0.643. The fourth-order valence-corrected chi connectivity index (χ4v) is 2.51. The standard InChI is InChI=1S/C21H37N3O4/c1-18-8-9-19(20(16-18)28-13-7-11-25-3)17-24-21(22-2)23-10-5-6-12-27-15-14-26-4/h8-9,16H,5-7,10-15,17H2,1-4H3,(H2,22,23,24). The first-order chi connectivity index (χ1) is 13.7. The van der Waals surface area contributed by atoms with Crippen molar-refractivity contribution in [2.45, 2.75) is 32.7 Å². The number of unbranched alkanes of at least 4 members (excludes halogenated alkanes) is 1. The van der Waals surface area contributed by atoms with Crippen molar-refractivity contribution in [3.63, 3.8) is 0 Å². The molecule has 0 saturated heterocycles. The number of methoxy groups -OCH3 is 2. The number of nitrogens with zero attached hydrogens (tertiary/aromatic N) is 1. The molecule has 0 spiro atoms. The number of nitrogens with one attached hydrogen (secondary N) is 2. The maximum absolute atomic E-state index is 5.94. The van der Waals surface area contributed by atoms with Gasteiger partial charge in [0.1, 0.15) is 5.75 Å². The van der Waals surface area contributed by atoms with Gasteiger partial charge in [-0.05, 0) is 31.4 Å². The summed E-state index contributed by atoms with van der Waals surface area (Å²) in [6.07, 6.45) is 2.90. The van der Waals surface area contributed by atoms with E-state index in [9.17, 15) is 0 Å². The summed E-state index contributed by atoms with van der Waals surface area (Å²) >= 11 is 0. The first-order valence-electron chi connectivity index (χ1n) is 9.93. The molecule has 0 saturated carbocycles. The highest BCUT2D eigenvalue weighted by Gasteiger charge is 2.06. The second kappa shape index (κ2) is 16.2. The molecule has 0 fully saturated rings. The molecular weight excluding hydrogens is 358 g/mol. The van der Waals surface area contributed by atoms with Gasteiger partial charge in [-0.1, -0.05) is 12.1 Å². The Kier molecular flexibility index (Phi) is 14.0. The maximum Gasteiger partial charge on any atom is 0.191 e. The fourth-order valence-electron chi connectivity index (χ4n) is 2.51. The van der Waals surface area contributed by atoms with Gasteiger partial charge in [-0.2, -0.15) is 0 Å². The van der Waals surface area contributed by atoms with E-state index < -0.39 is 0 Å². The Morgan fingerprint density at radius 3 is 2.50 bits per heavy atom. The first-order valence-corrected chi connectivity index (χ1v) is 9.93. The lowest BCUT2D eigenvalue weighted by molar-refractivity contribution is 0.0689. The second-order valence-corrected chi connectivity index (χ2v) is 6.47. The molecular formula is C21H37N3O4.